The van der Waals surface area contributed by atoms with Crippen LogP contribution in [0.4, 0.5) is 4.79 Å². The lowest BCUT2D eigenvalue weighted by atomic mass is 10.0. The van der Waals surface area contributed by atoms with Crippen molar-refractivity contribution in [1.82, 2.24) is 4.90 Å². The van der Waals surface area contributed by atoms with E-state index in [2.05, 4.69) is 6.07 Å². The van der Waals surface area contributed by atoms with E-state index in [1.165, 1.54) is 0 Å². The standard InChI is InChI=1S/C13H14N2O2/c1-3-15-9(2)12(17-13(15)16)11-6-4-5-10(7-11)8-14/h4-7,9,12H,3H2,1-2H3/t9-,12+/m0/s1. The van der Waals surface area contributed by atoms with Gasteiger partial charge in [-0.15, -0.1) is 0 Å². The van der Waals surface area contributed by atoms with Crippen LogP contribution < -0.4 is 0 Å². The van der Waals surface area contributed by atoms with Gasteiger partial charge >= 0.3 is 6.09 Å². The molecule has 88 valence electrons. The van der Waals surface area contributed by atoms with Gasteiger partial charge in [0.2, 0.25) is 0 Å². The summed E-state index contributed by atoms with van der Waals surface area (Å²) >= 11 is 0. The van der Waals surface area contributed by atoms with Gasteiger partial charge < -0.3 is 9.64 Å². The highest BCUT2D eigenvalue weighted by Crippen LogP contribution is 2.32. The largest absolute Gasteiger partial charge is 0.439 e. The Morgan fingerprint density at radius 1 is 1.53 bits per heavy atom. The molecule has 0 bridgehead atoms. The number of amides is 1. The van der Waals surface area contributed by atoms with Crippen LogP contribution in [0.15, 0.2) is 24.3 Å². The first-order chi connectivity index (χ1) is 8.17. The molecule has 1 aromatic rings. The van der Waals surface area contributed by atoms with Crippen LogP contribution in [-0.2, 0) is 4.74 Å². The van der Waals surface area contributed by atoms with Gasteiger partial charge in [-0.05, 0) is 31.5 Å². The molecule has 4 heteroatoms. The molecular weight excluding hydrogens is 216 g/mol. The third-order valence-corrected chi connectivity index (χ3v) is 3.08. The summed E-state index contributed by atoms with van der Waals surface area (Å²) in [5.74, 6) is 0. The minimum atomic E-state index is -0.285. The second kappa shape index (κ2) is 4.46. The molecule has 1 aliphatic heterocycles. The van der Waals surface area contributed by atoms with Crippen molar-refractivity contribution in [2.45, 2.75) is 26.0 Å². The number of carbonyl (C=O) groups is 1. The molecule has 1 saturated heterocycles. The molecule has 1 aromatic carbocycles. The highest BCUT2D eigenvalue weighted by Gasteiger charge is 2.38. The lowest BCUT2D eigenvalue weighted by Crippen LogP contribution is -2.31. The van der Waals surface area contributed by atoms with Gasteiger partial charge in [-0.3, -0.25) is 0 Å². The zero-order valence-corrected chi connectivity index (χ0v) is 9.88. The molecule has 0 unspecified atom stereocenters. The van der Waals surface area contributed by atoms with E-state index in [0.29, 0.717) is 12.1 Å². The summed E-state index contributed by atoms with van der Waals surface area (Å²) in [6.45, 7) is 4.51. The maximum Gasteiger partial charge on any atom is 0.410 e. The van der Waals surface area contributed by atoms with E-state index < -0.39 is 0 Å². The molecule has 0 radical (unpaired) electrons. The van der Waals surface area contributed by atoms with Crippen LogP contribution in [0.25, 0.3) is 0 Å². The van der Waals surface area contributed by atoms with Crippen LogP contribution in [0.1, 0.15) is 31.1 Å². The van der Waals surface area contributed by atoms with Crippen molar-refractivity contribution in [2.24, 2.45) is 0 Å². The fourth-order valence-corrected chi connectivity index (χ4v) is 2.15. The molecule has 1 heterocycles. The molecule has 1 aliphatic rings. The Balaban J connectivity index is 2.29. The second-order valence-electron chi connectivity index (χ2n) is 4.07. The first kappa shape index (κ1) is 11.5. The second-order valence-corrected chi connectivity index (χ2v) is 4.07. The Hall–Kier alpha value is -2.02. The molecule has 4 nitrogen and oxygen atoms in total. The molecule has 0 aromatic heterocycles. The average Bonchev–Trinajstić information content (AvgIpc) is 2.64. The van der Waals surface area contributed by atoms with Crippen molar-refractivity contribution < 1.29 is 9.53 Å². The quantitative estimate of drug-likeness (QED) is 0.784. The molecule has 17 heavy (non-hydrogen) atoms. The molecule has 1 fully saturated rings. The Morgan fingerprint density at radius 2 is 2.29 bits per heavy atom. The molecule has 0 aliphatic carbocycles. The van der Waals surface area contributed by atoms with Crippen LogP contribution in [0.3, 0.4) is 0 Å². The van der Waals surface area contributed by atoms with Gasteiger partial charge in [0.05, 0.1) is 17.7 Å². The Bertz CT molecular complexity index is 479. The van der Waals surface area contributed by atoms with Crippen molar-refractivity contribution in [1.29, 1.82) is 5.26 Å². The predicted octanol–water partition coefficient (Wildman–Crippen LogP) is 2.46. The number of ether oxygens (including phenoxy) is 1. The van der Waals surface area contributed by atoms with Crippen LogP contribution in [-0.4, -0.2) is 23.6 Å². The lowest BCUT2D eigenvalue weighted by Gasteiger charge is -2.19. The number of nitriles is 1. The molecule has 2 rings (SSSR count). The van der Waals surface area contributed by atoms with Crippen molar-refractivity contribution >= 4 is 6.09 Å². The van der Waals surface area contributed by atoms with Gasteiger partial charge in [-0.25, -0.2) is 4.79 Å². The Labute approximate surface area is 100 Å². The average molecular weight is 230 g/mol. The number of hydrogen-bond donors (Lipinski definition) is 0. The van der Waals surface area contributed by atoms with Crippen LogP contribution in [0.5, 0.6) is 0 Å². The van der Waals surface area contributed by atoms with Crippen molar-refractivity contribution in [2.75, 3.05) is 6.54 Å². The van der Waals surface area contributed by atoms with Crippen LogP contribution in [0.2, 0.25) is 0 Å². The number of carbonyl (C=O) groups excluding carboxylic acids is 1. The molecule has 0 saturated carbocycles. The van der Waals surface area contributed by atoms with Gasteiger partial charge in [0.15, 0.2) is 0 Å². The summed E-state index contributed by atoms with van der Waals surface area (Å²) in [7, 11) is 0. The minimum absolute atomic E-state index is 0.00134. The normalized spacial score (nSPS) is 23.4. The van der Waals surface area contributed by atoms with E-state index in [0.717, 1.165) is 5.56 Å². The van der Waals surface area contributed by atoms with E-state index >= 15 is 0 Å². The number of cyclic esters (lactones) is 1. The van der Waals surface area contributed by atoms with E-state index in [9.17, 15) is 4.79 Å². The SMILES string of the molecule is CCN1C(=O)O[C@@H](c2cccc(C#N)c2)[C@@H]1C. The number of nitrogens with zero attached hydrogens (tertiary/aromatic N) is 2. The monoisotopic (exact) mass is 230 g/mol. The number of likely N-dealkylation sites (N-methyl/N-ethyl adjacent to an activating group) is 1. The molecule has 0 N–H and O–H groups in total. The zero-order valence-electron chi connectivity index (χ0n) is 9.88. The maximum atomic E-state index is 11.6. The smallest absolute Gasteiger partial charge is 0.410 e. The fraction of sp³-hybridized carbons (Fsp3) is 0.385. The Morgan fingerprint density at radius 3 is 2.88 bits per heavy atom. The van der Waals surface area contributed by atoms with Crippen molar-refractivity contribution in [3.8, 4) is 6.07 Å². The molecule has 0 spiro atoms. The van der Waals surface area contributed by atoms with Gasteiger partial charge in [-0.1, -0.05) is 12.1 Å². The van der Waals surface area contributed by atoms with E-state index in [4.69, 9.17) is 10.00 Å². The van der Waals surface area contributed by atoms with E-state index in [-0.39, 0.29) is 18.2 Å². The van der Waals surface area contributed by atoms with Gasteiger partial charge in [0, 0.05) is 6.54 Å². The van der Waals surface area contributed by atoms with Crippen LogP contribution >= 0.6 is 0 Å². The third kappa shape index (κ3) is 1.96. The van der Waals surface area contributed by atoms with E-state index in [1.807, 2.05) is 26.0 Å². The number of hydrogen-bond acceptors (Lipinski definition) is 3. The Kier molecular flexibility index (Phi) is 3.01. The molecule has 2 atom stereocenters. The number of rotatable bonds is 2. The summed E-state index contributed by atoms with van der Waals surface area (Å²) in [6.07, 6.45) is -0.567. The fourth-order valence-electron chi connectivity index (χ4n) is 2.15. The number of benzene rings is 1. The summed E-state index contributed by atoms with van der Waals surface area (Å²) in [6, 6.07) is 9.29. The highest BCUT2D eigenvalue weighted by molar-refractivity contribution is 5.71. The molecular formula is C13H14N2O2. The summed E-state index contributed by atoms with van der Waals surface area (Å²) in [5, 5.41) is 8.85. The summed E-state index contributed by atoms with van der Waals surface area (Å²) < 4.78 is 5.34. The summed E-state index contributed by atoms with van der Waals surface area (Å²) in [5.41, 5.74) is 1.46. The predicted molar refractivity (Wildman–Crippen MR) is 62.2 cm³/mol. The zero-order chi connectivity index (χ0) is 12.4. The van der Waals surface area contributed by atoms with Crippen molar-refractivity contribution in [3.63, 3.8) is 0 Å². The van der Waals surface area contributed by atoms with Crippen LogP contribution in [0, 0.1) is 11.3 Å². The summed E-state index contributed by atoms with van der Waals surface area (Å²) in [4.78, 5) is 13.3. The maximum absolute atomic E-state index is 11.6. The van der Waals surface area contributed by atoms with Gasteiger partial charge in [-0.2, -0.15) is 5.26 Å². The van der Waals surface area contributed by atoms with Gasteiger partial charge in [0.25, 0.3) is 0 Å². The molecule has 1 amide bonds. The minimum Gasteiger partial charge on any atom is -0.439 e. The lowest BCUT2D eigenvalue weighted by molar-refractivity contribution is 0.131. The first-order valence-corrected chi connectivity index (χ1v) is 5.64. The first-order valence-electron chi connectivity index (χ1n) is 5.64. The third-order valence-electron chi connectivity index (χ3n) is 3.08. The highest BCUT2D eigenvalue weighted by atomic mass is 16.6. The van der Waals surface area contributed by atoms with Gasteiger partial charge in [0.1, 0.15) is 6.10 Å². The topological polar surface area (TPSA) is 53.3 Å². The van der Waals surface area contributed by atoms with Crippen molar-refractivity contribution in [3.05, 3.63) is 35.4 Å². The van der Waals surface area contributed by atoms with E-state index in [1.54, 1.807) is 17.0 Å².